The highest BCUT2D eigenvalue weighted by Crippen LogP contribution is 2.61. The Balaban J connectivity index is 1.36. The van der Waals surface area contributed by atoms with Gasteiger partial charge >= 0.3 is 6.03 Å². The van der Waals surface area contributed by atoms with Crippen LogP contribution in [-0.4, -0.2) is 54.4 Å². The van der Waals surface area contributed by atoms with Gasteiger partial charge < -0.3 is 9.80 Å². The van der Waals surface area contributed by atoms with Crippen LogP contribution in [0.4, 0.5) is 4.79 Å². The number of urea groups is 1. The number of sulfone groups is 1. The summed E-state index contributed by atoms with van der Waals surface area (Å²) in [6, 6.07) is 10.9. The van der Waals surface area contributed by atoms with Crippen LogP contribution in [0.1, 0.15) is 50.5 Å². The normalized spacial score (nSPS) is 43.3. The summed E-state index contributed by atoms with van der Waals surface area (Å²) in [5.41, 5.74) is 1.06. The van der Waals surface area contributed by atoms with Gasteiger partial charge in [0.25, 0.3) is 0 Å². The molecule has 0 N–H and O–H groups in total. The molecule has 4 saturated carbocycles. The van der Waals surface area contributed by atoms with Gasteiger partial charge in [-0.2, -0.15) is 0 Å². The van der Waals surface area contributed by atoms with Crippen molar-refractivity contribution in [3.8, 4) is 0 Å². The highest BCUT2D eigenvalue weighted by molar-refractivity contribution is 7.92. The molecular formula is C23H30N2O3S. The Morgan fingerprint density at radius 1 is 1.03 bits per heavy atom. The SMILES string of the molecule is CS(=O)(=O)C12CC3CC(C1)C(N1CC4(c5ccccc5)CCCN4C1=O)C(C3)C2. The molecule has 3 atom stereocenters. The summed E-state index contributed by atoms with van der Waals surface area (Å²) in [7, 11) is -3.07. The molecule has 2 heterocycles. The van der Waals surface area contributed by atoms with Crippen LogP contribution < -0.4 is 0 Å². The zero-order chi connectivity index (χ0) is 20.0. The van der Waals surface area contributed by atoms with Gasteiger partial charge in [-0.3, -0.25) is 0 Å². The minimum atomic E-state index is -3.07. The van der Waals surface area contributed by atoms with Gasteiger partial charge in [0.05, 0.1) is 16.8 Å². The van der Waals surface area contributed by atoms with E-state index in [-0.39, 0.29) is 17.6 Å². The van der Waals surface area contributed by atoms with Crippen molar-refractivity contribution in [1.29, 1.82) is 0 Å². The molecule has 0 aromatic heterocycles. The van der Waals surface area contributed by atoms with Gasteiger partial charge in [-0.1, -0.05) is 30.3 Å². The van der Waals surface area contributed by atoms with E-state index >= 15 is 0 Å². The lowest BCUT2D eigenvalue weighted by Gasteiger charge is -2.60. The van der Waals surface area contributed by atoms with Gasteiger partial charge in [-0.25, -0.2) is 13.2 Å². The van der Waals surface area contributed by atoms with Crippen LogP contribution in [0.3, 0.4) is 0 Å². The van der Waals surface area contributed by atoms with Gasteiger partial charge in [0.1, 0.15) is 0 Å². The summed E-state index contributed by atoms with van der Waals surface area (Å²) in [6.07, 6.45) is 8.08. The van der Waals surface area contributed by atoms with Crippen molar-refractivity contribution in [2.45, 2.75) is 61.3 Å². The maximum absolute atomic E-state index is 13.6. The molecule has 0 spiro atoms. The maximum atomic E-state index is 13.6. The molecule has 4 aliphatic carbocycles. The number of rotatable bonds is 3. The third-order valence-electron chi connectivity index (χ3n) is 9.02. The quantitative estimate of drug-likeness (QED) is 0.762. The van der Waals surface area contributed by atoms with Crippen LogP contribution in [0.2, 0.25) is 0 Å². The molecule has 3 unspecified atom stereocenters. The van der Waals surface area contributed by atoms with Crippen LogP contribution in [0, 0.1) is 17.8 Å². The Morgan fingerprint density at radius 2 is 1.72 bits per heavy atom. The fourth-order valence-electron chi connectivity index (χ4n) is 8.08. The molecule has 7 rings (SSSR count). The van der Waals surface area contributed by atoms with Crippen molar-refractivity contribution in [3.63, 3.8) is 0 Å². The molecule has 156 valence electrons. The summed E-state index contributed by atoms with van der Waals surface area (Å²) in [4.78, 5) is 17.9. The minimum absolute atomic E-state index is 0.192. The largest absolute Gasteiger partial charge is 0.321 e. The van der Waals surface area contributed by atoms with E-state index in [1.165, 1.54) is 11.8 Å². The van der Waals surface area contributed by atoms with Crippen molar-refractivity contribution >= 4 is 15.9 Å². The second kappa shape index (κ2) is 5.77. The van der Waals surface area contributed by atoms with Crippen molar-refractivity contribution in [1.82, 2.24) is 9.80 Å². The number of benzene rings is 1. The molecule has 29 heavy (non-hydrogen) atoms. The monoisotopic (exact) mass is 414 g/mol. The van der Waals surface area contributed by atoms with E-state index in [4.69, 9.17) is 0 Å². The molecule has 6 aliphatic rings. The first kappa shape index (κ1) is 18.2. The standard InChI is InChI=1S/C23H30N2O3S/c1-29(27,28)22-12-16-10-17(13-22)20(18(11-16)14-22)24-15-23(19-6-3-2-4-7-19)8-5-9-25(23)21(24)26/h2-4,6-7,16-18,20H,5,8-15H2,1H3. The number of fused-ring (bicyclic) bond motifs is 1. The second-order valence-corrected chi connectivity index (χ2v) is 12.9. The van der Waals surface area contributed by atoms with E-state index in [0.717, 1.165) is 58.0 Å². The lowest BCUT2D eigenvalue weighted by Crippen LogP contribution is -2.64. The maximum Gasteiger partial charge on any atom is 0.321 e. The van der Waals surface area contributed by atoms with Crippen molar-refractivity contribution in [3.05, 3.63) is 35.9 Å². The Morgan fingerprint density at radius 3 is 2.38 bits per heavy atom. The highest BCUT2D eigenvalue weighted by Gasteiger charge is 2.64. The molecule has 1 aromatic rings. The fourth-order valence-corrected chi connectivity index (χ4v) is 9.66. The van der Waals surface area contributed by atoms with Crippen LogP contribution in [0.25, 0.3) is 0 Å². The van der Waals surface area contributed by atoms with Crippen LogP contribution >= 0.6 is 0 Å². The number of carbonyl (C=O) groups is 1. The van der Waals surface area contributed by atoms with Gasteiger partial charge in [-0.15, -0.1) is 0 Å². The number of carbonyl (C=O) groups excluding carboxylic acids is 1. The first-order valence-corrected chi connectivity index (χ1v) is 13.1. The fraction of sp³-hybridized carbons (Fsp3) is 0.696. The molecule has 5 nitrogen and oxygen atoms in total. The van der Waals surface area contributed by atoms with Gasteiger partial charge in [0.2, 0.25) is 0 Å². The average molecular weight is 415 g/mol. The lowest BCUT2D eigenvalue weighted by molar-refractivity contribution is -0.0383. The number of hydrogen-bond donors (Lipinski definition) is 0. The van der Waals surface area contributed by atoms with E-state index in [0.29, 0.717) is 17.8 Å². The summed E-state index contributed by atoms with van der Waals surface area (Å²) in [5.74, 6) is 1.21. The Bertz CT molecular complexity index is 946. The van der Waals surface area contributed by atoms with Crippen LogP contribution in [-0.2, 0) is 15.4 Å². The van der Waals surface area contributed by atoms with E-state index in [9.17, 15) is 13.2 Å². The zero-order valence-corrected chi connectivity index (χ0v) is 17.9. The van der Waals surface area contributed by atoms with Crippen LogP contribution in [0.15, 0.2) is 30.3 Å². The Hall–Kier alpha value is -1.56. The molecule has 6 fully saturated rings. The molecule has 1 aromatic carbocycles. The summed E-state index contributed by atoms with van der Waals surface area (Å²) in [5, 5.41) is 0. The molecule has 2 aliphatic heterocycles. The summed E-state index contributed by atoms with van der Waals surface area (Å²) < 4.78 is 24.9. The van der Waals surface area contributed by atoms with Crippen molar-refractivity contribution in [2.75, 3.05) is 19.3 Å². The molecule has 0 radical (unpaired) electrons. The van der Waals surface area contributed by atoms with E-state index in [1.54, 1.807) is 0 Å². The van der Waals surface area contributed by atoms with Gasteiger partial charge in [0, 0.05) is 18.8 Å². The van der Waals surface area contributed by atoms with E-state index in [2.05, 4.69) is 34.1 Å². The number of nitrogens with zero attached hydrogens (tertiary/aromatic N) is 2. The third-order valence-corrected chi connectivity index (χ3v) is 11.1. The first-order chi connectivity index (χ1) is 13.8. The molecule has 2 amide bonds. The minimum Gasteiger partial charge on any atom is -0.318 e. The van der Waals surface area contributed by atoms with E-state index in [1.807, 2.05) is 6.07 Å². The number of amides is 2. The van der Waals surface area contributed by atoms with Crippen molar-refractivity contribution in [2.24, 2.45) is 17.8 Å². The molecular weight excluding hydrogens is 384 g/mol. The Kier molecular flexibility index (Phi) is 3.63. The van der Waals surface area contributed by atoms with Gasteiger partial charge in [0.15, 0.2) is 9.84 Å². The van der Waals surface area contributed by atoms with Crippen molar-refractivity contribution < 1.29 is 13.2 Å². The molecule has 2 saturated heterocycles. The van der Waals surface area contributed by atoms with Crippen LogP contribution in [0.5, 0.6) is 0 Å². The smallest absolute Gasteiger partial charge is 0.318 e. The zero-order valence-electron chi connectivity index (χ0n) is 17.1. The lowest BCUT2D eigenvalue weighted by atomic mass is 9.53. The highest BCUT2D eigenvalue weighted by atomic mass is 32.2. The predicted octanol–water partition coefficient (Wildman–Crippen LogP) is 3.41. The number of hydrogen-bond acceptors (Lipinski definition) is 3. The molecule has 4 bridgehead atoms. The summed E-state index contributed by atoms with van der Waals surface area (Å²) in [6.45, 7) is 1.60. The summed E-state index contributed by atoms with van der Waals surface area (Å²) >= 11 is 0. The first-order valence-electron chi connectivity index (χ1n) is 11.2. The average Bonchev–Trinajstić information content (AvgIpc) is 3.21. The molecule has 6 heteroatoms. The van der Waals surface area contributed by atoms with E-state index < -0.39 is 14.6 Å². The predicted molar refractivity (Wildman–Crippen MR) is 111 cm³/mol. The second-order valence-electron chi connectivity index (χ2n) is 10.5. The third kappa shape index (κ3) is 2.32. The topological polar surface area (TPSA) is 57.7 Å². The van der Waals surface area contributed by atoms with Gasteiger partial charge in [-0.05, 0) is 68.3 Å². The Labute approximate surface area is 173 Å².